The molecule has 0 fully saturated rings. The van der Waals surface area contributed by atoms with Crippen LogP contribution in [0.4, 0.5) is 0 Å². The summed E-state index contributed by atoms with van der Waals surface area (Å²) in [4.78, 5) is 12.1. The van der Waals surface area contributed by atoms with Crippen LogP contribution in [0.25, 0.3) is 20.2 Å². The van der Waals surface area contributed by atoms with Gasteiger partial charge in [0.2, 0.25) is 0 Å². The fourth-order valence-corrected chi connectivity index (χ4v) is 2.82. The molecule has 0 atom stereocenters. The summed E-state index contributed by atoms with van der Waals surface area (Å²) in [6.07, 6.45) is 0. The van der Waals surface area contributed by atoms with E-state index in [9.17, 15) is 4.79 Å². The van der Waals surface area contributed by atoms with E-state index in [-0.39, 0.29) is 17.8 Å². The second-order valence-corrected chi connectivity index (χ2v) is 4.51. The summed E-state index contributed by atoms with van der Waals surface area (Å²) < 4.78 is 2.11. The fourth-order valence-electron chi connectivity index (χ4n) is 1.75. The molecule has 80 valence electrons. The molecule has 1 aromatic heterocycles. The van der Waals surface area contributed by atoms with Crippen molar-refractivity contribution < 1.29 is 0 Å². The van der Waals surface area contributed by atoms with Gasteiger partial charge in [0.1, 0.15) is 0 Å². The van der Waals surface area contributed by atoms with Crippen LogP contribution >= 0.6 is 23.7 Å². The molecule has 3 rings (SSSR count). The van der Waals surface area contributed by atoms with Crippen molar-refractivity contribution in [3.63, 3.8) is 0 Å². The molecule has 0 aliphatic heterocycles. The molecule has 0 aliphatic carbocycles. The second kappa shape index (κ2) is 4.24. The van der Waals surface area contributed by atoms with Crippen molar-refractivity contribution >= 4 is 43.9 Å². The molecule has 0 amide bonds. The number of halogens is 1. The third-order valence-corrected chi connectivity index (χ3v) is 3.64. The van der Waals surface area contributed by atoms with Crippen molar-refractivity contribution in [1.29, 1.82) is 0 Å². The minimum Gasteiger partial charge on any atom is -0.289 e. The van der Waals surface area contributed by atoms with E-state index >= 15 is 0 Å². The van der Waals surface area contributed by atoms with Gasteiger partial charge in [0.15, 0.2) is 5.43 Å². The molecule has 16 heavy (non-hydrogen) atoms. The molecule has 3 aromatic rings. The van der Waals surface area contributed by atoms with Gasteiger partial charge in [-0.15, -0.1) is 23.7 Å². The molecule has 0 unspecified atom stereocenters. The van der Waals surface area contributed by atoms with E-state index in [1.54, 1.807) is 11.3 Å². The second-order valence-electron chi connectivity index (χ2n) is 3.42. The smallest absolute Gasteiger partial charge is 0.195 e. The standard InChI is InChI=1S/C13H8OS.ClH/c14-13-9-5-1-3-7-11(9)15-12-8-4-2-6-10(12)13;/h1-8H;1H. The third-order valence-electron chi connectivity index (χ3n) is 2.48. The van der Waals surface area contributed by atoms with Crippen molar-refractivity contribution in [3.8, 4) is 0 Å². The van der Waals surface area contributed by atoms with Crippen molar-refractivity contribution in [2.24, 2.45) is 0 Å². The van der Waals surface area contributed by atoms with Gasteiger partial charge in [-0.2, -0.15) is 0 Å². The zero-order valence-corrected chi connectivity index (χ0v) is 9.98. The summed E-state index contributed by atoms with van der Waals surface area (Å²) >= 11 is 1.67. The highest BCUT2D eigenvalue weighted by molar-refractivity contribution is 7.24. The van der Waals surface area contributed by atoms with Crippen LogP contribution in [0.5, 0.6) is 0 Å². The molecule has 0 bridgehead atoms. The van der Waals surface area contributed by atoms with Crippen molar-refractivity contribution in [2.45, 2.75) is 0 Å². The number of hydrogen-bond donors (Lipinski definition) is 0. The summed E-state index contributed by atoms with van der Waals surface area (Å²) in [5, 5.41) is 1.64. The maximum Gasteiger partial charge on any atom is 0.195 e. The Labute approximate surface area is 103 Å². The number of benzene rings is 2. The average Bonchev–Trinajstić information content (AvgIpc) is 2.30. The topological polar surface area (TPSA) is 17.1 Å². The Balaban J connectivity index is 0.000000963. The Kier molecular flexibility index (Phi) is 2.95. The van der Waals surface area contributed by atoms with Gasteiger partial charge in [-0.05, 0) is 24.3 Å². The van der Waals surface area contributed by atoms with E-state index in [0.29, 0.717) is 0 Å². The first-order chi connectivity index (χ1) is 7.36. The highest BCUT2D eigenvalue weighted by atomic mass is 35.5. The SMILES string of the molecule is Cl.O=c1c2ccccc2sc2ccccc12. The maximum atomic E-state index is 12.1. The summed E-state index contributed by atoms with van der Waals surface area (Å²) in [5.41, 5.74) is 0.139. The molecule has 0 spiro atoms. The highest BCUT2D eigenvalue weighted by Gasteiger charge is 2.03. The lowest BCUT2D eigenvalue weighted by Gasteiger charge is -1.99. The zero-order valence-electron chi connectivity index (χ0n) is 8.34. The predicted octanol–water partition coefficient (Wildman–Crippen LogP) is 3.84. The first kappa shape index (κ1) is 11.1. The van der Waals surface area contributed by atoms with Crippen LogP contribution in [0.1, 0.15) is 0 Å². The molecule has 2 aromatic carbocycles. The van der Waals surface area contributed by atoms with Crippen molar-refractivity contribution in [3.05, 3.63) is 58.8 Å². The van der Waals surface area contributed by atoms with Gasteiger partial charge in [-0.1, -0.05) is 24.3 Å². The molecule has 0 radical (unpaired) electrons. The molecule has 0 aliphatic rings. The van der Waals surface area contributed by atoms with Crippen molar-refractivity contribution in [2.75, 3.05) is 0 Å². The molecule has 0 saturated carbocycles. The van der Waals surface area contributed by atoms with Crippen LogP contribution in [0, 0.1) is 0 Å². The molecule has 0 saturated heterocycles. The van der Waals surface area contributed by atoms with E-state index in [4.69, 9.17) is 0 Å². The van der Waals surface area contributed by atoms with Gasteiger partial charge in [0, 0.05) is 20.2 Å². The lowest BCUT2D eigenvalue weighted by molar-refractivity contribution is 1.75. The predicted molar refractivity (Wildman–Crippen MR) is 72.8 cm³/mol. The van der Waals surface area contributed by atoms with Crippen LogP contribution in [0.2, 0.25) is 0 Å². The van der Waals surface area contributed by atoms with Gasteiger partial charge in [0.05, 0.1) is 0 Å². The van der Waals surface area contributed by atoms with E-state index in [0.717, 1.165) is 20.2 Å². The van der Waals surface area contributed by atoms with E-state index in [1.807, 2.05) is 48.5 Å². The Morgan fingerprint density at radius 3 is 1.69 bits per heavy atom. The molecule has 3 heteroatoms. The molecule has 1 heterocycles. The summed E-state index contributed by atoms with van der Waals surface area (Å²) in [6, 6.07) is 15.5. The van der Waals surface area contributed by atoms with E-state index < -0.39 is 0 Å². The third kappa shape index (κ3) is 1.60. The Hall–Kier alpha value is -1.38. The van der Waals surface area contributed by atoms with Gasteiger partial charge in [-0.3, -0.25) is 4.79 Å². The number of fused-ring (bicyclic) bond motifs is 2. The van der Waals surface area contributed by atoms with Gasteiger partial charge >= 0.3 is 0 Å². The highest BCUT2D eigenvalue weighted by Crippen LogP contribution is 2.23. The van der Waals surface area contributed by atoms with Crippen LogP contribution < -0.4 is 5.43 Å². The van der Waals surface area contributed by atoms with Crippen LogP contribution in [-0.4, -0.2) is 0 Å². The minimum atomic E-state index is 0. The van der Waals surface area contributed by atoms with E-state index in [2.05, 4.69) is 0 Å². The zero-order chi connectivity index (χ0) is 10.3. The van der Waals surface area contributed by atoms with E-state index in [1.165, 1.54) is 0 Å². The quantitative estimate of drug-likeness (QED) is 0.553. The first-order valence-corrected chi connectivity index (χ1v) is 5.58. The lowest BCUT2D eigenvalue weighted by atomic mass is 10.2. The van der Waals surface area contributed by atoms with Crippen LogP contribution in [-0.2, 0) is 0 Å². The Morgan fingerprint density at radius 2 is 1.19 bits per heavy atom. The summed E-state index contributed by atoms with van der Waals surface area (Å²) in [6.45, 7) is 0. The Bertz CT molecular complexity index is 646. The van der Waals surface area contributed by atoms with Gasteiger partial charge < -0.3 is 0 Å². The molecular formula is C13H9ClOS. The first-order valence-electron chi connectivity index (χ1n) is 4.77. The molecule has 0 N–H and O–H groups in total. The van der Waals surface area contributed by atoms with Gasteiger partial charge in [-0.25, -0.2) is 0 Å². The number of rotatable bonds is 0. The monoisotopic (exact) mass is 248 g/mol. The minimum absolute atomic E-state index is 0. The Morgan fingerprint density at radius 1 is 0.750 bits per heavy atom. The maximum absolute atomic E-state index is 12.1. The molecular weight excluding hydrogens is 240 g/mol. The lowest BCUT2D eigenvalue weighted by Crippen LogP contribution is -1.99. The molecule has 1 nitrogen and oxygen atoms in total. The van der Waals surface area contributed by atoms with Gasteiger partial charge in [0.25, 0.3) is 0 Å². The van der Waals surface area contributed by atoms with Crippen LogP contribution in [0.3, 0.4) is 0 Å². The fraction of sp³-hybridized carbons (Fsp3) is 0. The number of hydrogen-bond acceptors (Lipinski definition) is 2. The van der Waals surface area contributed by atoms with Crippen molar-refractivity contribution in [1.82, 2.24) is 0 Å². The summed E-state index contributed by atoms with van der Waals surface area (Å²) in [7, 11) is 0. The van der Waals surface area contributed by atoms with Crippen LogP contribution in [0.15, 0.2) is 53.3 Å². The average molecular weight is 249 g/mol. The summed E-state index contributed by atoms with van der Waals surface area (Å²) in [5.74, 6) is 0. The normalized spacial score (nSPS) is 10.2. The largest absolute Gasteiger partial charge is 0.289 e.